The Morgan fingerprint density at radius 2 is 2.23 bits per heavy atom. The van der Waals surface area contributed by atoms with Crippen LogP contribution in [0.2, 0.25) is 0 Å². The Morgan fingerprint density at radius 1 is 1.54 bits per heavy atom. The first kappa shape index (κ1) is 10.5. The Labute approximate surface area is 80.9 Å². The predicted octanol–water partition coefficient (Wildman–Crippen LogP) is 2.88. The molecule has 1 fully saturated rings. The van der Waals surface area contributed by atoms with E-state index in [0.29, 0.717) is 12.2 Å². The number of nitrogens with zero attached hydrogens (tertiary/aromatic N) is 1. The lowest BCUT2D eigenvalue weighted by atomic mass is 9.83. The molecule has 2 heteroatoms. The zero-order valence-electron chi connectivity index (χ0n) is 8.84. The summed E-state index contributed by atoms with van der Waals surface area (Å²) < 4.78 is 5.71. The average molecular weight is 181 g/mol. The molecule has 0 N–H and O–H groups in total. The minimum atomic E-state index is -0.186. The van der Waals surface area contributed by atoms with Gasteiger partial charge in [0.1, 0.15) is 0 Å². The van der Waals surface area contributed by atoms with Crippen LogP contribution in [-0.4, -0.2) is 12.2 Å². The summed E-state index contributed by atoms with van der Waals surface area (Å²) in [5.41, 5.74) is -0.186. The topological polar surface area (TPSA) is 33.0 Å². The maximum absolute atomic E-state index is 9.01. The Balaban J connectivity index is 2.44. The first-order valence-corrected chi connectivity index (χ1v) is 5.16. The molecule has 2 nitrogen and oxygen atoms in total. The molecule has 0 aromatic carbocycles. The van der Waals surface area contributed by atoms with Gasteiger partial charge < -0.3 is 4.74 Å². The van der Waals surface area contributed by atoms with E-state index in [1.807, 2.05) is 6.92 Å². The largest absolute Gasteiger partial charge is 0.375 e. The monoisotopic (exact) mass is 181 g/mol. The second-order valence-corrected chi connectivity index (χ2v) is 4.38. The molecule has 0 saturated carbocycles. The van der Waals surface area contributed by atoms with Gasteiger partial charge in [0.05, 0.1) is 23.7 Å². The van der Waals surface area contributed by atoms with Crippen LogP contribution in [0, 0.1) is 16.7 Å². The first-order valence-electron chi connectivity index (χ1n) is 5.16. The van der Waals surface area contributed by atoms with E-state index in [-0.39, 0.29) is 5.41 Å². The van der Waals surface area contributed by atoms with Crippen molar-refractivity contribution in [1.29, 1.82) is 5.26 Å². The van der Waals surface area contributed by atoms with E-state index in [1.54, 1.807) is 0 Å². The van der Waals surface area contributed by atoms with Crippen molar-refractivity contribution in [3.05, 3.63) is 0 Å². The molecule has 74 valence electrons. The van der Waals surface area contributed by atoms with Crippen molar-refractivity contribution in [3.8, 4) is 6.07 Å². The molecular weight excluding hydrogens is 162 g/mol. The molecule has 0 aliphatic carbocycles. The molecule has 3 unspecified atom stereocenters. The Hall–Kier alpha value is -0.550. The zero-order chi connectivity index (χ0) is 9.90. The van der Waals surface area contributed by atoms with Gasteiger partial charge in [-0.15, -0.1) is 0 Å². The van der Waals surface area contributed by atoms with E-state index >= 15 is 0 Å². The molecule has 1 aliphatic heterocycles. The maximum Gasteiger partial charge on any atom is 0.0687 e. The highest BCUT2D eigenvalue weighted by Gasteiger charge is 2.30. The Bertz CT molecular complexity index is 209. The molecule has 13 heavy (non-hydrogen) atoms. The van der Waals surface area contributed by atoms with Gasteiger partial charge in [-0.1, -0.05) is 6.92 Å². The van der Waals surface area contributed by atoms with E-state index in [4.69, 9.17) is 10.00 Å². The Kier molecular flexibility index (Phi) is 3.33. The Morgan fingerprint density at radius 3 is 2.62 bits per heavy atom. The van der Waals surface area contributed by atoms with Crippen molar-refractivity contribution in [1.82, 2.24) is 0 Å². The van der Waals surface area contributed by atoms with Crippen LogP contribution in [0.1, 0.15) is 46.5 Å². The minimum Gasteiger partial charge on any atom is -0.375 e. The van der Waals surface area contributed by atoms with Crippen molar-refractivity contribution >= 4 is 0 Å². The van der Waals surface area contributed by atoms with Crippen LogP contribution in [0.15, 0.2) is 0 Å². The average Bonchev–Trinajstić information content (AvgIpc) is 2.51. The molecule has 0 spiro atoms. The quantitative estimate of drug-likeness (QED) is 0.670. The lowest BCUT2D eigenvalue weighted by molar-refractivity contribution is 0.0338. The van der Waals surface area contributed by atoms with E-state index in [0.717, 1.165) is 25.7 Å². The summed E-state index contributed by atoms with van der Waals surface area (Å²) in [4.78, 5) is 0. The normalized spacial score (nSPS) is 32.5. The lowest BCUT2D eigenvalue weighted by Gasteiger charge is -2.23. The maximum atomic E-state index is 9.01. The van der Waals surface area contributed by atoms with Gasteiger partial charge in [-0.05, 0) is 39.5 Å². The van der Waals surface area contributed by atoms with Crippen molar-refractivity contribution in [2.45, 2.75) is 58.7 Å². The van der Waals surface area contributed by atoms with Crippen molar-refractivity contribution < 1.29 is 4.74 Å². The van der Waals surface area contributed by atoms with Gasteiger partial charge in [0.2, 0.25) is 0 Å². The molecule has 1 aliphatic rings. The van der Waals surface area contributed by atoms with Crippen LogP contribution in [0.3, 0.4) is 0 Å². The van der Waals surface area contributed by atoms with Gasteiger partial charge in [0.25, 0.3) is 0 Å². The predicted molar refractivity (Wildman–Crippen MR) is 52.2 cm³/mol. The van der Waals surface area contributed by atoms with Gasteiger partial charge >= 0.3 is 0 Å². The SMILES string of the molecule is CCC(C)(C#N)CC1CCC(C)O1. The molecule has 0 aromatic rings. The first-order chi connectivity index (χ1) is 6.09. The number of hydrogen-bond acceptors (Lipinski definition) is 2. The van der Waals surface area contributed by atoms with E-state index in [1.165, 1.54) is 0 Å². The van der Waals surface area contributed by atoms with Crippen LogP contribution in [0.4, 0.5) is 0 Å². The van der Waals surface area contributed by atoms with Crippen molar-refractivity contribution in [2.75, 3.05) is 0 Å². The molecule has 1 rings (SSSR count). The van der Waals surface area contributed by atoms with E-state index in [9.17, 15) is 0 Å². The van der Waals surface area contributed by atoms with Crippen LogP contribution < -0.4 is 0 Å². The molecule has 0 radical (unpaired) electrons. The zero-order valence-corrected chi connectivity index (χ0v) is 8.84. The number of rotatable bonds is 3. The smallest absolute Gasteiger partial charge is 0.0687 e. The van der Waals surface area contributed by atoms with E-state index in [2.05, 4.69) is 19.9 Å². The molecule has 0 aromatic heterocycles. The summed E-state index contributed by atoms with van der Waals surface area (Å²) in [7, 11) is 0. The van der Waals surface area contributed by atoms with Gasteiger partial charge in [0.15, 0.2) is 0 Å². The highest BCUT2D eigenvalue weighted by atomic mass is 16.5. The van der Waals surface area contributed by atoms with Crippen LogP contribution in [-0.2, 0) is 4.74 Å². The molecular formula is C11H19NO. The third-order valence-corrected chi connectivity index (χ3v) is 3.05. The summed E-state index contributed by atoms with van der Waals surface area (Å²) in [6.45, 7) is 6.20. The summed E-state index contributed by atoms with van der Waals surface area (Å²) in [6.07, 6.45) is 4.79. The molecule has 3 atom stereocenters. The second kappa shape index (κ2) is 4.11. The highest BCUT2D eigenvalue weighted by Crippen LogP contribution is 2.32. The van der Waals surface area contributed by atoms with Gasteiger partial charge in [-0.2, -0.15) is 5.26 Å². The summed E-state index contributed by atoms with van der Waals surface area (Å²) in [6, 6.07) is 2.39. The molecule has 1 saturated heterocycles. The number of nitriles is 1. The van der Waals surface area contributed by atoms with Crippen LogP contribution >= 0.6 is 0 Å². The summed E-state index contributed by atoms with van der Waals surface area (Å²) in [5.74, 6) is 0. The van der Waals surface area contributed by atoms with Gasteiger partial charge in [-0.25, -0.2) is 0 Å². The van der Waals surface area contributed by atoms with E-state index < -0.39 is 0 Å². The summed E-state index contributed by atoms with van der Waals surface area (Å²) >= 11 is 0. The van der Waals surface area contributed by atoms with Crippen LogP contribution in [0.5, 0.6) is 0 Å². The van der Waals surface area contributed by atoms with Crippen molar-refractivity contribution in [3.63, 3.8) is 0 Å². The molecule has 1 heterocycles. The fourth-order valence-corrected chi connectivity index (χ4v) is 1.81. The fraction of sp³-hybridized carbons (Fsp3) is 0.909. The standard InChI is InChI=1S/C11H19NO/c1-4-11(3,8-12)7-10-6-5-9(2)13-10/h9-10H,4-7H2,1-3H3. The van der Waals surface area contributed by atoms with Crippen LogP contribution in [0.25, 0.3) is 0 Å². The minimum absolute atomic E-state index is 0.186. The summed E-state index contributed by atoms with van der Waals surface area (Å²) in [5, 5.41) is 9.01. The second-order valence-electron chi connectivity index (χ2n) is 4.38. The van der Waals surface area contributed by atoms with Crippen molar-refractivity contribution in [2.24, 2.45) is 5.41 Å². The lowest BCUT2D eigenvalue weighted by Crippen LogP contribution is -2.21. The third kappa shape index (κ3) is 2.70. The van der Waals surface area contributed by atoms with Gasteiger partial charge in [-0.3, -0.25) is 0 Å². The third-order valence-electron chi connectivity index (χ3n) is 3.05. The number of hydrogen-bond donors (Lipinski definition) is 0. The number of ether oxygens (including phenoxy) is 1. The highest BCUT2D eigenvalue weighted by molar-refractivity contribution is 4.96. The molecule has 0 amide bonds. The molecule has 0 bridgehead atoms. The fourth-order valence-electron chi connectivity index (χ4n) is 1.81. The van der Waals surface area contributed by atoms with Gasteiger partial charge in [0, 0.05) is 0 Å².